The van der Waals surface area contributed by atoms with Crippen LogP contribution < -0.4 is 10.9 Å². The molecule has 3 rings (SSSR count). The average Bonchev–Trinajstić information content (AvgIpc) is 2.58. The van der Waals surface area contributed by atoms with Crippen molar-refractivity contribution >= 4 is 23.2 Å². The summed E-state index contributed by atoms with van der Waals surface area (Å²) < 4.78 is 40.3. The summed E-state index contributed by atoms with van der Waals surface area (Å²) in [6.07, 6.45) is -4.73. The molecule has 8 heteroatoms. The highest BCUT2D eigenvalue weighted by Crippen LogP contribution is 2.28. The van der Waals surface area contributed by atoms with Crippen LogP contribution in [0.15, 0.2) is 65.5 Å². The predicted octanol–water partition coefficient (Wildman–Crippen LogP) is 4.71. The smallest absolute Gasteiger partial charge is 0.325 e. The number of nitrogens with zero attached hydrogens (tertiary/aromatic N) is 2. The van der Waals surface area contributed by atoms with Crippen molar-refractivity contribution in [3.63, 3.8) is 0 Å². The summed E-state index contributed by atoms with van der Waals surface area (Å²) in [6, 6.07) is 15.8. The van der Waals surface area contributed by atoms with Gasteiger partial charge in [0.15, 0.2) is 5.69 Å². The van der Waals surface area contributed by atoms with Crippen LogP contribution in [0.1, 0.15) is 11.3 Å². The van der Waals surface area contributed by atoms with Crippen LogP contribution in [0.3, 0.4) is 0 Å². The molecular formula is C18H13ClF3N3O. The van der Waals surface area contributed by atoms with Gasteiger partial charge in [0, 0.05) is 16.8 Å². The lowest BCUT2D eigenvalue weighted by molar-refractivity contribution is -0.141. The van der Waals surface area contributed by atoms with Crippen LogP contribution in [0.25, 0.3) is 0 Å². The van der Waals surface area contributed by atoms with Crippen molar-refractivity contribution in [3.8, 4) is 0 Å². The quantitative estimate of drug-likeness (QED) is 0.714. The molecular weight excluding hydrogens is 367 g/mol. The van der Waals surface area contributed by atoms with Gasteiger partial charge < -0.3 is 5.32 Å². The number of rotatable bonds is 4. The minimum Gasteiger partial charge on any atom is -0.325 e. The van der Waals surface area contributed by atoms with E-state index in [1.54, 1.807) is 42.5 Å². The van der Waals surface area contributed by atoms with Crippen molar-refractivity contribution in [2.75, 3.05) is 5.32 Å². The van der Waals surface area contributed by atoms with E-state index in [1.165, 1.54) is 6.07 Å². The number of aromatic nitrogens is 2. The Hall–Kier alpha value is -2.80. The molecule has 0 aliphatic rings. The van der Waals surface area contributed by atoms with Crippen LogP contribution in [0.4, 0.5) is 24.8 Å². The highest BCUT2D eigenvalue weighted by Gasteiger charge is 2.34. The Kier molecular flexibility index (Phi) is 4.99. The molecule has 0 spiro atoms. The maximum Gasteiger partial charge on any atom is 0.433 e. The molecule has 26 heavy (non-hydrogen) atoms. The van der Waals surface area contributed by atoms with E-state index in [0.29, 0.717) is 16.8 Å². The molecule has 0 fully saturated rings. The SMILES string of the molecule is O=c1cc(C(F)(F)F)nc(Nc2cccc(Cl)c2)n1Cc1ccccc1. The number of anilines is 2. The Labute approximate surface area is 151 Å². The Morgan fingerprint density at radius 2 is 1.77 bits per heavy atom. The summed E-state index contributed by atoms with van der Waals surface area (Å²) in [5.74, 6) is -0.212. The number of alkyl halides is 3. The molecule has 0 bridgehead atoms. The number of benzene rings is 2. The average molecular weight is 380 g/mol. The van der Waals surface area contributed by atoms with Crippen molar-refractivity contribution in [2.45, 2.75) is 12.7 Å². The summed E-state index contributed by atoms with van der Waals surface area (Å²) in [4.78, 5) is 15.9. The van der Waals surface area contributed by atoms with Gasteiger partial charge in [-0.15, -0.1) is 0 Å². The van der Waals surface area contributed by atoms with E-state index in [1.807, 2.05) is 6.07 Å². The lowest BCUT2D eigenvalue weighted by atomic mass is 10.2. The lowest BCUT2D eigenvalue weighted by Gasteiger charge is -2.16. The Morgan fingerprint density at radius 1 is 1.04 bits per heavy atom. The molecule has 0 aliphatic carbocycles. The summed E-state index contributed by atoms with van der Waals surface area (Å²) in [5.41, 5.74) is -0.882. The van der Waals surface area contributed by atoms with Crippen molar-refractivity contribution in [3.05, 3.63) is 87.3 Å². The second kappa shape index (κ2) is 7.21. The van der Waals surface area contributed by atoms with Gasteiger partial charge in [0.05, 0.1) is 6.54 Å². The van der Waals surface area contributed by atoms with E-state index in [0.717, 1.165) is 10.1 Å². The molecule has 1 aromatic heterocycles. The van der Waals surface area contributed by atoms with Crippen LogP contribution in [-0.4, -0.2) is 9.55 Å². The zero-order valence-electron chi connectivity index (χ0n) is 13.3. The van der Waals surface area contributed by atoms with Gasteiger partial charge in [0.1, 0.15) is 0 Å². The van der Waals surface area contributed by atoms with Gasteiger partial charge in [-0.1, -0.05) is 48.0 Å². The molecule has 1 heterocycles. The van der Waals surface area contributed by atoms with Crippen molar-refractivity contribution < 1.29 is 13.2 Å². The van der Waals surface area contributed by atoms with Crippen molar-refractivity contribution in [1.82, 2.24) is 9.55 Å². The van der Waals surface area contributed by atoms with Gasteiger partial charge in [0.2, 0.25) is 5.95 Å². The van der Waals surface area contributed by atoms with Crippen LogP contribution in [0.5, 0.6) is 0 Å². The predicted molar refractivity (Wildman–Crippen MR) is 93.8 cm³/mol. The minimum absolute atomic E-state index is 0.0771. The molecule has 0 unspecified atom stereocenters. The summed E-state index contributed by atoms with van der Waals surface area (Å²) in [7, 11) is 0. The van der Waals surface area contributed by atoms with Crippen LogP contribution in [0, 0.1) is 0 Å². The third kappa shape index (κ3) is 4.23. The first kappa shape index (κ1) is 18.0. The Bertz CT molecular complexity index is 971. The fourth-order valence-corrected chi connectivity index (χ4v) is 2.55. The molecule has 0 saturated heterocycles. The molecule has 1 N–H and O–H groups in total. The highest BCUT2D eigenvalue weighted by molar-refractivity contribution is 6.30. The molecule has 4 nitrogen and oxygen atoms in total. The van der Waals surface area contributed by atoms with Crippen LogP contribution in [-0.2, 0) is 12.7 Å². The zero-order chi connectivity index (χ0) is 18.7. The van der Waals surface area contributed by atoms with Gasteiger partial charge in [-0.3, -0.25) is 9.36 Å². The first-order valence-electron chi connectivity index (χ1n) is 7.58. The fraction of sp³-hybridized carbons (Fsp3) is 0.111. The monoisotopic (exact) mass is 379 g/mol. The van der Waals surface area contributed by atoms with Crippen molar-refractivity contribution in [2.24, 2.45) is 0 Å². The third-order valence-electron chi connectivity index (χ3n) is 3.56. The van der Waals surface area contributed by atoms with Gasteiger partial charge in [0.25, 0.3) is 5.56 Å². The second-order valence-electron chi connectivity index (χ2n) is 5.51. The zero-order valence-corrected chi connectivity index (χ0v) is 14.1. The van der Waals surface area contributed by atoms with Crippen LogP contribution in [0.2, 0.25) is 5.02 Å². The molecule has 0 radical (unpaired) electrons. The normalized spacial score (nSPS) is 11.4. The van der Waals surface area contributed by atoms with E-state index < -0.39 is 17.4 Å². The van der Waals surface area contributed by atoms with E-state index in [9.17, 15) is 18.0 Å². The minimum atomic E-state index is -4.73. The maximum absolute atomic E-state index is 13.0. The van der Waals surface area contributed by atoms with Crippen molar-refractivity contribution in [1.29, 1.82) is 0 Å². The third-order valence-corrected chi connectivity index (χ3v) is 3.80. The molecule has 0 saturated carbocycles. The molecule has 0 aliphatic heterocycles. The lowest BCUT2D eigenvalue weighted by Crippen LogP contribution is -2.27. The Balaban J connectivity index is 2.08. The molecule has 2 aromatic carbocycles. The summed E-state index contributed by atoms with van der Waals surface area (Å²) in [5, 5.41) is 3.16. The molecule has 0 amide bonds. The summed E-state index contributed by atoms with van der Waals surface area (Å²) >= 11 is 5.91. The number of halogens is 4. The summed E-state index contributed by atoms with van der Waals surface area (Å²) in [6.45, 7) is 0.0771. The van der Waals surface area contributed by atoms with Gasteiger partial charge >= 0.3 is 6.18 Å². The molecule has 3 aromatic rings. The Morgan fingerprint density at radius 3 is 2.42 bits per heavy atom. The van der Waals surface area contributed by atoms with Gasteiger partial charge in [-0.25, -0.2) is 4.98 Å². The molecule has 0 atom stereocenters. The van der Waals surface area contributed by atoms with E-state index in [4.69, 9.17) is 11.6 Å². The second-order valence-corrected chi connectivity index (χ2v) is 5.94. The number of nitrogens with one attached hydrogen (secondary N) is 1. The first-order valence-corrected chi connectivity index (χ1v) is 7.96. The maximum atomic E-state index is 13.0. The van der Waals surface area contributed by atoms with Gasteiger partial charge in [-0.05, 0) is 23.8 Å². The van der Waals surface area contributed by atoms with Gasteiger partial charge in [-0.2, -0.15) is 13.2 Å². The van der Waals surface area contributed by atoms with E-state index in [-0.39, 0.29) is 12.5 Å². The number of hydrogen-bond donors (Lipinski definition) is 1. The fourth-order valence-electron chi connectivity index (χ4n) is 2.36. The largest absolute Gasteiger partial charge is 0.433 e. The highest BCUT2D eigenvalue weighted by atomic mass is 35.5. The standard InChI is InChI=1S/C18H13ClF3N3O/c19-13-7-4-8-14(9-13)23-17-24-15(18(20,21)22)10-16(26)25(17)11-12-5-2-1-3-6-12/h1-10H,11H2,(H,23,24). The van der Waals surface area contributed by atoms with E-state index in [2.05, 4.69) is 10.3 Å². The van der Waals surface area contributed by atoms with Crippen LogP contribution >= 0.6 is 11.6 Å². The number of hydrogen-bond acceptors (Lipinski definition) is 3. The van der Waals surface area contributed by atoms with E-state index >= 15 is 0 Å². The molecule has 134 valence electrons. The topological polar surface area (TPSA) is 46.9 Å². The first-order chi connectivity index (χ1) is 12.3.